The fourth-order valence-electron chi connectivity index (χ4n) is 1.25. The monoisotopic (exact) mass is 234 g/mol. The number of aryl methyl sites for hydroxylation is 1. The average Bonchev–Trinajstić information content (AvgIpc) is 2.64. The van der Waals surface area contributed by atoms with Crippen molar-refractivity contribution < 1.29 is 4.42 Å². The van der Waals surface area contributed by atoms with Crippen LogP contribution >= 0.6 is 11.6 Å². The van der Waals surface area contributed by atoms with E-state index in [2.05, 4.69) is 10.5 Å². The Morgan fingerprint density at radius 3 is 2.88 bits per heavy atom. The molecular weight excluding hydrogens is 224 g/mol. The van der Waals surface area contributed by atoms with E-state index in [1.165, 1.54) is 0 Å². The van der Waals surface area contributed by atoms with Gasteiger partial charge in [-0.15, -0.1) is 0 Å². The normalized spacial score (nSPS) is 10.9. The van der Waals surface area contributed by atoms with E-state index in [0.717, 1.165) is 11.4 Å². The third-order valence-electron chi connectivity index (χ3n) is 1.97. The number of nitrogens with one attached hydrogen (secondary N) is 1. The Morgan fingerprint density at radius 2 is 2.19 bits per heavy atom. The molecule has 0 unspecified atom stereocenters. The minimum Gasteiger partial charge on any atom is -0.460 e. The van der Waals surface area contributed by atoms with Gasteiger partial charge in [-0.1, -0.05) is 17.7 Å². The van der Waals surface area contributed by atoms with Gasteiger partial charge in [0, 0.05) is 5.02 Å². The number of nitrogens with zero attached hydrogens (tertiary/aromatic N) is 1. The van der Waals surface area contributed by atoms with Crippen LogP contribution in [0.4, 0.5) is 5.69 Å². The highest BCUT2D eigenvalue weighted by molar-refractivity contribution is 6.30. The molecule has 3 nitrogen and oxygen atoms in total. The first-order valence-corrected chi connectivity index (χ1v) is 5.23. The van der Waals surface area contributed by atoms with E-state index >= 15 is 0 Å². The minimum atomic E-state index is 0.675. The summed E-state index contributed by atoms with van der Waals surface area (Å²) in [6.45, 7) is 1.89. The highest BCUT2D eigenvalue weighted by Gasteiger charge is 1.94. The second kappa shape index (κ2) is 4.86. The van der Waals surface area contributed by atoms with Crippen molar-refractivity contribution >= 4 is 23.5 Å². The smallest absolute Gasteiger partial charge is 0.147 e. The zero-order valence-corrected chi connectivity index (χ0v) is 9.53. The number of anilines is 1. The molecule has 1 heterocycles. The minimum absolute atomic E-state index is 0.675. The highest BCUT2D eigenvalue weighted by atomic mass is 35.5. The number of hydrogen-bond acceptors (Lipinski definition) is 3. The number of furan rings is 1. The Hall–Kier alpha value is -1.74. The number of halogens is 1. The molecule has 16 heavy (non-hydrogen) atoms. The average molecular weight is 235 g/mol. The lowest BCUT2D eigenvalue weighted by Gasteiger charge is -1.98. The number of rotatable bonds is 3. The SMILES string of the molecule is Cc1ccc(/C=N\Nc2cccc(Cl)c2)o1. The van der Waals surface area contributed by atoms with Crippen molar-refractivity contribution in [1.82, 2.24) is 0 Å². The molecule has 0 radical (unpaired) electrons. The summed E-state index contributed by atoms with van der Waals surface area (Å²) in [7, 11) is 0. The Labute approximate surface area is 98.7 Å². The Bertz CT molecular complexity index is 505. The van der Waals surface area contributed by atoms with Gasteiger partial charge in [0.15, 0.2) is 0 Å². The van der Waals surface area contributed by atoms with Crippen molar-refractivity contribution in [2.24, 2.45) is 5.10 Å². The van der Waals surface area contributed by atoms with Crippen molar-refractivity contribution in [2.75, 3.05) is 5.43 Å². The van der Waals surface area contributed by atoms with Gasteiger partial charge in [0.25, 0.3) is 0 Å². The van der Waals surface area contributed by atoms with Crippen molar-refractivity contribution in [3.63, 3.8) is 0 Å². The van der Waals surface area contributed by atoms with Crippen LogP contribution in [0, 0.1) is 6.92 Å². The molecule has 2 rings (SSSR count). The number of benzene rings is 1. The predicted molar refractivity (Wildman–Crippen MR) is 66.1 cm³/mol. The molecule has 0 saturated carbocycles. The standard InChI is InChI=1S/C12H11ClN2O/c1-9-5-6-12(16-9)8-14-15-11-4-2-3-10(13)7-11/h2-8,15H,1H3/b14-8-. The van der Waals surface area contributed by atoms with Crippen LogP contribution in [-0.4, -0.2) is 6.21 Å². The lowest BCUT2D eigenvalue weighted by Crippen LogP contribution is -1.89. The molecule has 0 spiro atoms. The van der Waals surface area contributed by atoms with Crippen LogP contribution < -0.4 is 5.43 Å². The summed E-state index contributed by atoms with van der Waals surface area (Å²) < 4.78 is 5.33. The maximum Gasteiger partial charge on any atom is 0.147 e. The van der Waals surface area contributed by atoms with Crippen LogP contribution in [0.3, 0.4) is 0 Å². The largest absolute Gasteiger partial charge is 0.460 e. The van der Waals surface area contributed by atoms with Crippen molar-refractivity contribution in [3.05, 3.63) is 52.9 Å². The molecule has 4 heteroatoms. The third kappa shape index (κ3) is 2.87. The van der Waals surface area contributed by atoms with Crippen LogP contribution in [0.2, 0.25) is 5.02 Å². The fourth-order valence-corrected chi connectivity index (χ4v) is 1.44. The summed E-state index contributed by atoms with van der Waals surface area (Å²) >= 11 is 5.83. The first-order chi connectivity index (χ1) is 7.74. The summed E-state index contributed by atoms with van der Waals surface area (Å²) in [5.74, 6) is 1.58. The molecule has 1 N–H and O–H groups in total. The summed E-state index contributed by atoms with van der Waals surface area (Å²) in [5.41, 5.74) is 3.71. The maximum atomic E-state index is 5.83. The summed E-state index contributed by atoms with van der Waals surface area (Å²) in [4.78, 5) is 0. The summed E-state index contributed by atoms with van der Waals surface area (Å²) in [5, 5.41) is 4.71. The third-order valence-corrected chi connectivity index (χ3v) is 2.21. The second-order valence-electron chi connectivity index (χ2n) is 3.33. The van der Waals surface area contributed by atoms with Gasteiger partial charge >= 0.3 is 0 Å². The van der Waals surface area contributed by atoms with Crippen LogP contribution in [-0.2, 0) is 0 Å². The molecule has 0 saturated heterocycles. The lowest BCUT2D eigenvalue weighted by molar-refractivity contribution is 0.528. The van der Waals surface area contributed by atoms with E-state index in [1.54, 1.807) is 12.3 Å². The molecule has 0 aliphatic heterocycles. The van der Waals surface area contributed by atoms with E-state index in [9.17, 15) is 0 Å². The Kier molecular flexibility index (Phi) is 3.27. The quantitative estimate of drug-likeness (QED) is 0.650. The lowest BCUT2D eigenvalue weighted by atomic mass is 10.3. The van der Waals surface area contributed by atoms with E-state index in [0.29, 0.717) is 10.8 Å². The van der Waals surface area contributed by atoms with Crippen molar-refractivity contribution in [1.29, 1.82) is 0 Å². The molecule has 0 fully saturated rings. The van der Waals surface area contributed by atoms with Gasteiger partial charge in [-0.25, -0.2) is 0 Å². The fraction of sp³-hybridized carbons (Fsp3) is 0.0833. The molecule has 0 amide bonds. The van der Waals surface area contributed by atoms with Crippen molar-refractivity contribution in [3.8, 4) is 0 Å². The second-order valence-corrected chi connectivity index (χ2v) is 3.77. The van der Waals surface area contributed by atoms with Gasteiger partial charge < -0.3 is 4.42 Å². The molecule has 2 aromatic rings. The van der Waals surface area contributed by atoms with Gasteiger partial charge in [0.1, 0.15) is 11.5 Å². The molecule has 1 aromatic carbocycles. The van der Waals surface area contributed by atoms with E-state index in [-0.39, 0.29) is 0 Å². The van der Waals surface area contributed by atoms with Gasteiger partial charge in [-0.2, -0.15) is 5.10 Å². The predicted octanol–water partition coefficient (Wildman–Crippen LogP) is 3.69. The summed E-state index contributed by atoms with van der Waals surface area (Å²) in [6, 6.07) is 11.1. The highest BCUT2D eigenvalue weighted by Crippen LogP contribution is 2.14. The molecule has 1 aromatic heterocycles. The Morgan fingerprint density at radius 1 is 1.31 bits per heavy atom. The van der Waals surface area contributed by atoms with Gasteiger partial charge in [0.05, 0.1) is 11.9 Å². The van der Waals surface area contributed by atoms with Gasteiger partial charge in [-0.3, -0.25) is 5.43 Å². The van der Waals surface area contributed by atoms with E-state index in [1.807, 2.05) is 37.3 Å². The molecular formula is C12H11ClN2O. The molecule has 0 bridgehead atoms. The zero-order valence-electron chi connectivity index (χ0n) is 8.77. The molecule has 82 valence electrons. The van der Waals surface area contributed by atoms with Crippen LogP contribution in [0.15, 0.2) is 45.9 Å². The van der Waals surface area contributed by atoms with Crippen molar-refractivity contribution in [2.45, 2.75) is 6.92 Å². The van der Waals surface area contributed by atoms with E-state index in [4.69, 9.17) is 16.0 Å². The number of hydrazone groups is 1. The number of hydrogen-bond donors (Lipinski definition) is 1. The van der Waals surface area contributed by atoms with Gasteiger partial charge in [0.2, 0.25) is 0 Å². The summed E-state index contributed by atoms with van der Waals surface area (Å²) in [6.07, 6.45) is 1.62. The van der Waals surface area contributed by atoms with Crippen LogP contribution in [0.25, 0.3) is 0 Å². The van der Waals surface area contributed by atoms with Crippen LogP contribution in [0.5, 0.6) is 0 Å². The first kappa shape index (κ1) is 10.8. The van der Waals surface area contributed by atoms with Crippen LogP contribution in [0.1, 0.15) is 11.5 Å². The molecule has 0 aliphatic rings. The first-order valence-electron chi connectivity index (χ1n) is 4.85. The van der Waals surface area contributed by atoms with Gasteiger partial charge in [-0.05, 0) is 37.3 Å². The molecule has 0 atom stereocenters. The Balaban J connectivity index is 1.99. The molecule has 0 aliphatic carbocycles. The van der Waals surface area contributed by atoms with E-state index < -0.39 is 0 Å². The maximum absolute atomic E-state index is 5.83. The topological polar surface area (TPSA) is 37.5 Å². The zero-order chi connectivity index (χ0) is 11.4.